The second kappa shape index (κ2) is 9.90. The van der Waals surface area contributed by atoms with Crippen molar-refractivity contribution in [2.45, 2.75) is 17.0 Å². The highest BCUT2D eigenvalue weighted by molar-refractivity contribution is 7.92. The Morgan fingerprint density at radius 3 is 1.95 bits per heavy atom. The Morgan fingerprint density at radius 2 is 1.39 bits per heavy atom. The molecule has 1 aliphatic rings. The van der Waals surface area contributed by atoms with Crippen LogP contribution in [-0.2, 0) is 10.0 Å². The molecule has 0 saturated heterocycles. The summed E-state index contributed by atoms with van der Waals surface area (Å²) in [4.78, 5) is 25.7. The molecule has 11 heteroatoms. The Morgan fingerprint density at radius 1 is 0.842 bits per heavy atom. The minimum Gasteiger partial charge on any atom is -0.355 e. The Bertz CT molecular complexity index is 1710. The molecule has 0 spiro atoms. The predicted octanol–water partition coefficient (Wildman–Crippen LogP) is 5.19. The highest BCUT2D eigenvalue weighted by Crippen LogP contribution is 2.49. The van der Waals surface area contributed by atoms with Gasteiger partial charge in [-0.1, -0.05) is 59.6 Å². The van der Waals surface area contributed by atoms with E-state index in [1.165, 1.54) is 41.9 Å². The van der Waals surface area contributed by atoms with Crippen molar-refractivity contribution in [2.75, 3.05) is 11.4 Å². The molecule has 2 heterocycles. The first kappa shape index (κ1) is 26.0. The molecule has 2 unspecified atom stereocenters. The van der Waals surface area contributed by atoms with Gasteiger partial charge >= 0.3 is 0 Å². The van der Waals surface area contributed by atoms with Gasteiger partial charge in [0.25, 0.3) is 21.5 Å². The number of anilines is 1. The molecule has 194 valence electrons. The Hall–Kier alpha value is -3.66. The second-order valence-electron chi connectivity index (χ2n) is 8.58. The third-order valence-electron chi connectivity index (χ3n) is 6.42. The molecule has 0 aliphatic carbocycles. The average Bonchev–Trinajstić information content (AvgIpc) is 3.26. The quantitative estimate of drug-likeness (QED) is 0.357. The lowest BCUT2D eigenvalue weighted by Gasteiger charge is -2.29. The number of amides is 1. The van der Waals surface area contributed by atoms with E-state index in [9.17, 15) is 22.4 Å². The highest BCUT2D eigenvalue weighted by Gasteiger charge is 2.48. The number of sulfonamides is 1. The van der Waals surface area contributed by atoms with Gasteiger partial charge in [0.15, 0.2) is 0 Å². The van der Waals surface area contributed by atoms with Crippen molar-refractivity contribution in [1.82, 2.24) is 9.88 Å². The zero-order chi connectivity index (χ0) is 27.2. The zero-order valence-corrected chi connectivity index (χ0v) is 22.1. The first-order valence-corrected chi connectivity index (χ1v) is 13.6. The molecule has 1 N–H and O–H groups in total. The average molecular weight is 572 g/mol. The first-order chi connectivity index (χ1) is 18.1. The van der Waals surface area contributed by atoms with Crippen molar-refractivity contribution in [3.05, 3.63) is 128 Å². The Labute approximate surface area is 228 Å². The van der Waals surface area contributed by atoms with Crippen LogP contribution in [0.25, 0.3) is 0 Å². The van der Waals surface area contributed by atoms with Gasteiger partial charge < -0.3 is 5.32 Å². The van der Waals surface area contributed by atoms with E-state index in [4.69, 9.17) is 23.2 Å². The van der Waals surface area contributed by atoms with Gasteiger partial charge in [-0.05, 0) is 59.7 Å². The molecule has 5 rings (SSSR count). The van der Waals surface area contributed by atoms with Gasteiger partial charge in [0.05, 0.1) is 12.1 Å². The molecule has 38 heavy (non-hydrogen) atoms. The van der Waals surface area contributed by atoms with Crippen molar-refractivity contribution in [1.29, 1.82) is 0 Å². The summed E-state index contributed by atoms with van der Waals surface area (Å²) in [6.45, 7) is 0. The normalized spacial score (nSPS) is 16.8. The molecule has 0 saturated carbocycles. The van der Waals surface area contributed by atoms with E-state index in [0.29, 0.717) is 21.2 Å². The number of nitrogens with zero attached hydrogens (tertiary/aromatic N) is 2. The SMILES string of the molecule is CNC(=O)c1ccc2n(c1=O)C(c1ccc(Cl)cc1)C(c1ccc(Cl)cc1)N2S(=O)(=O)c1ccccc1F. The van der Waals surface area contributed by atoms with Crippen LogP contribution in [-0.4, -0.2) is 25.9 Å². The van der Waals surface area contributed by atoms with Gasteiger partial charge in [-0.2, -0.15) is 0 Å². The number of benzene rings is 3. The zero-order valence-electron chi connectivity index (χ0n) is 19.8. The molecule has 1 aliphatic heterocycles. The van der Waals surface area contributed by atoms with Crippen LogP contribution in [0.5, 0.6) is 0 Å². The van der Waals surface area contributed by atoms with Crippen LogP contribution in [0.15, 0.2) is 94.6 Å². The van der Waals surface area contributed by atoms with Crippen molar-refractivity contribution >= 4 is 45.0 Å². The fourth-order valence-corrected chi connectivity index (χ4v) is 6.67. The topological polar surface area (TPSA) is 88.5 Å². The molecule has 1 aromatic heterocycles. The van der Waals surface area contributed by atoms with Crippen LogP contribution in [0.3, 0.4) is 0 Å². The van der Waals surface area contributed by atoms with Gasteiger partial charge in [0.2, 0.25) is 0 Å². The summed E-state index contributed by atoms with van der Waals surface area (Å²) in [5, 5.41) is 3.30. The van der Waals surface area contributed by atoms with E-state index < -0.39 is 44.3 Å². The lowest BCUT2D eigenvalue weighted by molar-refractivity contribution is 0.0961. The number of aromatic nitrogens is 1. The van der Waals surface area contributed by atoms with Gasteiger partial charge in [0.1, 0.15) is 22.1 Å². The van der Waals surface area contributed by atoms with E-state index in [1.54, 1.807) is 48.5 Å². The lowest BCUT2D eigenvalue weighted by Crippen LogP contribution is -2.34. The van der Waals surface area contributed by atoms with Crippen molar-refractivity contribution in [2.24, 2.45) is 0 Å². The molecule has 4 aromatic rings. The number of carbonyl (C=O) groups is 1. The number of fused-ring (bicyclic) bond motifs is 1. The number of rotatable bonds is 5. The second-order valence-corrected chi connectivity index (χ2v) is 11.2. The third kappa shape index (κ3) is 4.26. The maximum absolute atomic E-state index is 14.9. The summed E-state index contributed by atoms with van der Waals surface area (Å²) in [5.41, 5.74) is 0.180. The van der Waals surface area contributed by atoms with Gasteiger partial charge in [-0.3, -0.25) is 14.2 Å². The van der Waals surface area contributed by atoms with Gasteiger partial charge in [-0.25, -0.2) is 17.1 Å². The smallest absolute Gasteiger partial charge is 0.269 e. The molecule has 0 radical (unpaired) electrons. The molecule has 0 bridgehead atoms. The van der Waals surface area contributed by atoms with Crippen LogP contribution in [0.4, 0.5) is 10.2 Å². The highest BCUT2D eigenvalue weighted by atomic mass is 35.5. The molecule has 7 nitrogen and oxygen atoms in total. The summed E-state index contributed by atoms with van der Waals surface area (Å²) in [6, 6.07) is 18.8. The minimum absolute atomic E-state index is 0.0224. The van der Waals surface area contributed by atoms with E-state index in [1.807, 2.05) is 0 Å². The van der Waals surface area contributed by atoms with E-state index in [2.05, 4.69) is 5.32 Å². The van der Waals surface area contributed by atoms with Crippen LogP contribution < -0.4 is 15.2 Å². The summed E-state index contributed by atoms with van der Waals surface area (Å²) >= 11 is 12.2. The summed E-state index contributed by atoms with van der Waals surface area (Å²) in [5.74, 6) is -1.59. The molecule has 3 aromatic carbocycles. The monoisotopic (exact) mass is 571 g/mol. The Balaban J connectivity index is 1.87. The van der Waals surface area contributed by atoms with Crippen LogP contribution in [0.1, 0.15) is 33.6 Å². The lowest BCUT2D eigenvalue weighted by atomic mass is 9.94. The number of nitrogens with one attached hydrogen (secondary N) is 1. The molecular weight excluding hydrogens is 552 g/mol. The van der Waals surface area contributed by atoms with Crippen molar-refractivity contribution in [3.8, 4) is 0 Å². The maximum Gasteiger partial charge on any atom is 0.269 e. The standard InChI is InChI=1S/C27H20Cl2FN3O4S/c1-31-26(34)20-14-15-23-32(27(20)35)24(16-6-10-18(28)11-7-16)25(17-8-12-19(29)13-9-17)33(23)38(36,37)22-5-3-2-4-21(22)30/h2-15,24-25H,1H3,(H,31,34). The molecule has 0 fully saturated rings. The van der Waals surface area contributed by atoms with Crippen molar-refractivity contribution in [3.63, 3.8) is 0 Å². The maximum atomic E-state index is 14.9. The largest absolute Gasteiger partial charge is 0.355 e. The van der Waals surface area contributed by atoms with Crippen LogP contribution >= 0.6 is 23.2 Å². The summed E-state index contributed by atoms with van der Waals surface area (Å²) in [7, 11) is -3.17. The first-order valence-electron chi connectivity index (χ1n) is 11.4. The molecule has 2 atom stereocenters. The third-order valence-corrected chi connectivity index (χ3v) is 8.74. The number of pyridine rings is 1. The van der Waals surface area contributed by atoms with E-state index in [-0.39, 0.29) is 11.4 Å². The summed E-state index contributed by atoms with van der Waals surface area (Å²) in [6.07, 6.45) is 0. The number of hydrogen-bond acceptors (Lipinski definition) is 4. The van der Waals surface area contributed by atoms with E-state index >= 15 is 0 Å². The van der Waals surface area contributed by atoms with Gasteiger partial charge in [0, 0.05) is 17.1 Å². The number of halogens is 3. The number of hydrogen-bond donors (Lipinski definition) is 1. The number of carbonyl (C=O) groups excluding carboxylic acids is 1. The minimum atomic E-state index is -4.56. The fourth-order valence-electron chi connectivity index (χ4n) is 4.71. The fraction of sp³-hybridized carbons (Fsp3) is 0.111. The van der Waals surface area contributed by atoms with Gasteiger partial charge in [-0.15, -0.1) is 0 Å². The molecule has 1 amide bonds. The Kier molecular flexibility index (Phi) is 6.77. The van der Waals surface area contributed by atoms with E-state index in [0.717, 1.165) is 10.4 Å². The van der Waals surface area contributed by atoms with Crippen molar-refractivity contribution < 1.29 is 17.6 Å². The predicted molar refractivity (Wildman–Crippen MR) is 144 cm³/mol. The van der Waals surface area contributed by atoms with Crippen LogP contribution in [0, 0.1) is 5.82 Å². The summed E-state index contributed by atoms with van der Waals surface area (Å²) < 4.78 is 45.4. The van der Waals surface area contributed by atoms with Crippen LogP contribution in [0.2, 0.25) is 10.0 Å². The molecular formula is C27H20Cl2FN3O4S.